The summed E-state index contributed by atoms with van der Waals surface area (Å²) < 4.78 is 0.921. The van der Waals surface area contributed by atoms with Gasteiger partial charge in [-0.2, -0.15) is 0 Å². The van der Waals surface area contributed by atoms with E-state index in [1.165, 1.54) is 0 Å². The first kappa shape index (κ1) is 11.4. The molecule has 2 nitrogen and oxygen atoms in total. The summed E-state index contributed by atoms with van der Waals surface area (Å²) in [7, 11) is 0. The number of carboxylic acid groups (broad SMARTS) is 1. The Kier molecular flexibility index (Phi) is 15.2. The van der Waals surface area contributed by atoms with E-state index in [1.54, 1.807) is 4.99 Å². The van der Waals surface area contributed by atoms with Crippen molar-refractivity contribution in [2.45, 2.75) is 0 Å². The van der Waals surface area contributed by atoms with Crippen LogP contribution in [0.2, 0.25) is 0 Å². The lowest BCUT2D eigenvalue weighted by atomic mass is 11.3. The van der Waals surface area contributed by atoms with Crippen LogP contribution < -0.4 is 0 Å². The SMILES string of the molecule is BrC=C(Br)Br.O=CO. The zero-order valence-electron chi connectivity index (χ0n) is 3.64. The highest BCUT2D eigenvalue weighted by Gasteiger charge is 1.68. The summed E-state index contributed by atoms with van der Waals surface area (Å²) in [6, 6.07) is 0. The Morgan fingerprint density at radius 2 is 1.62 bits per heavy atom. The molecule has 0 spiro atoms. The normalized spacial score (nSPS) is 5.88. The maximum absolute atomic E-state index is 8.36. The quantitative estimate of drug-likeness (QED) is 0.699. The van der Waals surface area contributed by atoms with E-state index in [9.17, 15) is 0 Å². The van der Waals surface area contributed by atoms with Crippen molar-refractivity contribution in [1.29, 1.82) is 0 Å². The van der Waals surface area contributed by atoms with Crippen LogP contribution in [-0.4, -0.2) is 11.6 Å². The van der Waals surface area contributed by atoms with E-state index < -0.39 is 0 Å². The number of carbonyl (C=O) groups is 1. The van der Waals surface area contributed by atoms with Crippen LogP contribution in [0.25, 0.3) is 0 Å². The van der Waals surface area contributed by atoms with Crippen molar-refractivity contribution in [3.05, 3.63) is 8.38 Å². The van der Waals surface area contributed by atoms with Crippen molar-refractivity contribution in [3.8, 4) is 0 Å². The van der Waals surface area contributed by atoms with Crippen LogP contribution in [0.1, 0.15) is 0 Å². The van der Waals surface area contributed by atoms with Gasteiger partial charge in [-0.05, 0) is 31.9 Å². The monoisotopic (exact) mass is 308 g/mol. The van der Waals surface area contributed by atoms with Gasteiger partial charge in [0.25, 0.3) is 6.47 Å². The third-order valence-electron chi connectivity index (χ3n) is 0.0825. The molecule has 0 aliphatic heterocycles. The Morgan fingerprint density at radius 3 is 1.62 bits per heavy atom. The molecule has 0 fully saturated rings. The molecule has 0 saturated heterocycles. The minimum Gasteiger partial charge on any atom is -0.483 e. The van der Waals surface area contributed by atoms with E-state index >= 15 is 0 Å². The molecule has 0 amide bonds. The van der Waals surface area contributed by atoms with Gasteiger partial charge in [-0.15, -0.1) is 0 Å². The van der Waals surface area contributed by atoms with Gasteiger partial charge in [0.1, 0.15) is 0 Å². The lowest BCUT2D eigenvalue weighted by Gasteiger charge is -1.66. The van der Waals surface area contributed by atoms with Crippen LogP contribution in [0.15, 0.2) is 8.38 Å². The molecule has 0 saturated carbocycles. The topological polar surface area (TPSA) is 37.3 Å². The fourth-order valence-electron chi connectivity index (χ4n) is 0. The van der Waals surface area contributed by atoms with Gasteiger partial charge in [0.05, 0.1) is 3.39 Å². The van der Waals surface area contributed by atoms with Crippen LogP contribution in [0, 0.1) is 0 Å². The molecule has 8 heavy (non-hydrogen) atoms. The zero-order chi connectivity index (χ0) is 6.99. The minimum atomic E-state index is -0.250. The molecule has 0 atom stereocenters. The van der Waals surface area contributed by atoms with Gasteiger partial charge >= 0.3 is 0 Å². The average Bonchev–Trinajstić information content (AvgIpc) is 1.69. The molecule has 0 rings (SSSR count). The Morgan fingerprint density at radius 1 is 1.50 bits per heavy atom. The van der Waals surface area contributed by atoms with Gasteiger partial charge < -0.3 is 5.11 Å². The highest BCUT2D eigenvalue weighted by Crippen LogP contribution is 2.13. The van der Waals surface area contributed by atoms with Gasteiger partial charge in [-0.1, -0.05) is 15.9 Å². The van der Waals surface area contributed by atoms with Crippen LogP contribution in [0.4, 0.5) is 0 Å². The standard InChI is InChI=1S/C2HBr3.CH2O2/c3-1-2(4)5;2-1-3/h1H;1H,(H,2,3). The summed E-state index contributed by atoms with van der Waals surface area (Å²) in [6.07, 6.45) is 0. The molecular weight excluding hydrogens is 308 g/mol. The lowest BCUT2D eigenvalue weighted by molar-refractivity contribution is -0.122. The summed E-state index contributed by atoms with van der Waals surface area (Å²) >= 11 is 9.27. The Balaban J connectivity index is 0. The molecule has 0 radical (unpaired) electrons. The second-order valence-corrected chi connectivity index (χ2v) is 3.73. The molecule has 1 N–H and O–H groups in total. The van der Waals surface area contributed by atoms with E-state index in [1.807, 2.05) is 0 Å². The van der Waals surface area contributed by atoms with Crippen LogP contribution in [0.5, 0.6) is 0 Å². The minimum absolute atomic E-state index is 0.250. The average molecular weight is 311 g/mol. The number of hydrogen-bond acceptors (Lipinski definition) is 1. The predicted octanol–water partition coefficient (Wildman–Crippen LogP) is 2.67. The van der Waals surface area contributed by atoms with Crippen molar-refractivity contribution in [3.63, 3.8) is 0 Å². The van der Waals surface area contributed by atoms with Gasteiger partial charge in [-0.3, -0.25) is 4.79 Å². The third kappa shape index (κ3) is 30.2. The number of hydrogen-bond donors (Lipinski definition) is 1. The lowest BCUT2D eigenvalue weighted by Crippen LogP contribution is -1.49. The van der Waals surface area contributed by atoms with Crippen molar-refractivity contribution < 1.29 is 9.90 Å². The molecule has 0 aromatic heterocycles. The van der Waals surface area contributed by atoms with E-state index in [4.69, 9.17) is 9.90 Å². The Hall–Kier alpha value is 0.650. The highest BCUT2D eigenvalue weighted by molar-refractivity contribution is 9.29. The van der Waals surface area contributed by atoms with Gasteiger partial charge in [-0.25, -0.2) is 0 Å². The molecule has 48 valence electrons. The molecule has 0 aromatic rings. The van der Waals surface area contributed by atoms with Crippen LogP contribution in [0.3, 0.4) is 0 Å². The summed E-state index contributed by atoms with van der Waals surface area (Å²) in [6.45, 7) is -0.250. The van der Waals surface area contributed by atoms with E-state index in [0.717, 1.165) is 3.39 Å². The van der Waals surface area contributed by atoms with Gasteiger partial charge in [0, 0.05) is 4.99 Å². The van der Waals surface area contributed by atoms with Crippen molar-refractivity contribution in [2.24, 2.45) is 0 Å². The van der Waals surface area contributed by atoms with Gasteiger partial charge in [0.15, 0.2) is 0 Å². The zero-order valence-corrected chi connectivity index (χ0v) is 8.40. The first-order valence-corrected chi connectivity index (χ1v) is 3.88. The second kappa shape index (κ2) is 10.6. The Labute approximate surface area is 72.3 Å². The number of halogens is 3. The molecular formula is C3H3Br3O2. The molecule has 0 aliphatic carbocycles. The van der Waals surface area contributed by atoms with Crippen LogP contribution >= 0.6 is 47.8 Å². The van der Waals surface area contributed by atoms with Gasteiger partial charge in [0.2, 0.25) is 0 Å². The smallest absolute Gasteiger partial charge is 0.290 e. The first-order chi connectivity index (χ1) is 3.68. The third-order valence-corrected chi connectivity index (χ3v) is 2.23. The van der Waals surface area contributed by atoms with E-state index in [0.29, 0.717) is 0 Å². The summed E-state index contributed by atoms with van der Waals surface area (Å²) in [4.78, 5) is 10.1. The molecule has 0 heterocycles. The predicted molar refractivity (Wildman–Crippen MR) is 43.6 cm³/mol. The van der Waals surface area contributed by atoms with E-state index in [2.05, 4.69) is 47.8 Å². The van der Waals surface area contributed by atoms with Crippen molar-refractivity contribution >= 4 is 54.3 Å². The molecule has 5 heteroatoms. The van der Waals surface area contributed by atoms with Crippen LogP contribution in [-0.2, 0) is 4.79 Å². The Bertz CT molecular complexity index is 76.6. The summed E-state index contributed by atoms with van der Waals surface area (Å²) in [5, 5.41) is 6.89. The fraction of sp³-hybridized carbons (Fsp3) is 0. The summed E-state index contributed by atoms with van der Waals surface area (Å²) in [5.74, 6) is 0. The maximum atomic E-state index is 8.36. The maximum Gasteiger partial charge on any atom is 0.290 e. The number of rotatable bonds is 0. The van der Waals surface area contributed by atoms with Crippen molar-refractivity contribution in [2.75, 3.05) is 0 Å². The highest BCUT2D eigenvalue weighted by atomic mass is 79.9. The summed E-state index contributed by atoms with van der Waals surface area (Å²) in [5.41, 5.74) is 0. The molecule has 0 bridgehead atoms. The van der Waals surface area contributed by atoms with E-state index in [-0.39, 0.29) is 6.47 Å². The molecule has 0 aromatic carbocycles. The van der Waals surface area contributed by atoms with Crippen molar-refractivity contribution in [1.82, 2.24) is 0 Å². The molecule has 0 unspecified atom stereocenters. The fourth-order valence-corrected chi connectivity index (χ4v) is 0. The largest absolute Gasteiger partial charge is 0.483 e. The first-order valence-electron chi connectivity index (χ1n) is 1.38. The molecule has 0 aliphatic rings. The second-order valence-electron chi connectivity index (χ2n) is 0.504.